The molecular weight excluding hydrogens is 291 g/mol. The molecule has 4 nitrogen and oxygen atoms in total. The summed E-state index contributed by atoms with van der Waals surface area (Å²) in [5.41, 5.74) is 1.21. The van der Waals surface area contributed by atoms with E-state index in [9.17, 15) is 4.39 Å². The van der Waals surface area contributed by atoms with Crippen LogP contribution in [0.1, 0.15) is 5.56 Å². The Morgan fingerprint density at radius 2 is 1.95 bits per heavy atom. The van der Waals surface area contributed by atoms with Crippen LogP contribution in [0.5, 0.6) is 0 Å². The summed E-state index contributed by atoms with van der Waals surface area (Å²) in [6.07, 6.45) is 0. The van der Waals surface area contributed by atoms with Crippen molar-refractivity contribution >= 4 is 34.0 Å². The Bertz CT molecular complexity index is 873. The molecule has 0 aliphatic carbocycles. The summed E-state index contributed by atoms with van der Waals surface area (Å²) in [6.45, 7) is 0. The smallest absolute Gasteiger partial charge is 0.224 e. The molecule has 102 valence electrons. The largest absolute Gasteiger partial charge is 0.340 e. The van der Waals surface area contributed by atoms with Gasteiger partial charge in [0.05, 0.1) is 11.1 Å². The summed E-state index contributed by atoms with van der Waals surface area (Å²) in [5, 5.41) is 12.8. The molecule has 1 N–H and O–H groups in total. The van der Waals surface area contributed by atoms with Gasteiger partial charge in [-0.15, -0.1) is 0 Å². The third-order valence-corrected chi connectivity index (χ3v) is 3.09. The van der Waals surface area contributed by atoms with Gasteiger partial charge in [0, 0.05) is 11.1 Å². The minimum Gasteiger partial charge on any atom is -0.340 e. The minimum absolute atomic E-state index is 0.0375. The van der Waals surface area contributed by atoms with Crippen molar-refractivity contribution in [1.29, 1.82) is 5.26 Å². The molecule has 2 aromatic carbocycles. The Hall–Kier alpha value is -2.71. The van der Waals surface area contributed by atoms with Gasteiger partial charge in [0.1, 0.15) is 17.7 Å². The number of hydrogen-bond donors (Lipinski definition) is 1. The molecule has 0 fully saturated rings. The zero-order chi connectivity index (χ0) is 14.8. The maximum atomic E-state index is 13.3. The van der Waals surface area contributed by atoms with Crippen molar-refractivity contribution in [2.75, 3.05) is 5.32 Å². The lowest BCUT2D eigenvalue weighted by Gasteiger charge is -2.09. The summed E-state index contributed by atoms with van der Waals surface area (Å²) >= 11 is 5.90. The average Bonchev–Trinajstić information content (AvgIpc) is 2.49. The van der Waals surface area contributed by atoms with Gasteiger partial charge in [0.25, 0.3) is 0 Å². The molecule has 0 bridgehead atoms. The van der Waals surface area contributed by atoms with E-state index in [1.54, 1.807) is 6.07 Å². The SMILES string of the molecule is N#Cc1cc(Nc2nc(Cl)nc3ccccc23)ccc1F. The molecule has 6 heteroatoms. The van der Waals surface area contributed by atoms with E-state index in [2.05, 4.69) is 15.3 Å². The van der Waals surface area contributed by atoms with E-state index in [1.807, 2.05) is 24.3 Å². The van der Waals surface area contributed by atoms with Gasteiger partial charge in [0.2, 0.25) is 5.28 Å². The molecule has 0 spiro atoms. The maximum absolute atomic E-state index is 13.3. The van der Waals surface area contributed by atoms with Crippen LogP contribution in [0.3, 0.4) is 0 Å². The molecule has 0 atom stereocenters. The van der Waals surface area contributed by atoms with Gasteiger partial charge >= 0.3 is 0 Å². The van der Waals surface area contributed by atoms with Crippen molar-refractivity contribution in [2.45, 2.75) is 0 Å². The number of nitrogens with zero attached hydrogens (tertiary/aromatic N) is 3. The van der Waals surface area contributed by atoms with Gasteiger partial charge in [-0.1, -0.05) is 12.1 Å². The van der Waals surface area contributed by atoms with E-state index >= 15 is 0 Å². The zero-order valence-corrected chi connectivity index (χ0v) is 11.4. The van der Waals surface area contributed by atoms with E-state index < -0.39 is 5.82 Å². The third-order valence-electron chi connectivity index (χ3n) is 2.93. The van der Waals surface area contributed by atoms with Crippen LogP contribution in [0.2, 0.25) is 5.28 Å². The number of halogens is 2. The Kier molecular flexibility index (Phi) is 3.38. The van der Waals surface area contributed by atoms with Gasteiger partial charge in [0.15, 0.2) is 0 Å². The number of benzene rings is 2. The number of anilines is 2. The molecule has 0 amide bonds. The normalized spacial score (nSPS) is 10.3. The number of nitrogens with one attached hydrogen (secondary N) is 1. The summed E-state index contributed by atoms with van der Waals surface area (Å²) in [7, 11) is 0. The van der Waals surface area contributed by atoms with Crippen LogP contribution in [-0.4, -0.2) is 9.97 Å². The molecule has 0 aliphatic heterocycles. The molecular formula is C15H8ClFN4. The van der Waals surface area contributed by atoms with Gasteiger partial charge in [-0.05, 0) is 41.9 Å². The van der Waals surface area contributed by atoms with Crippen molar-refractivity contribution in [2.24, 2.45) is 0 Å². The Morgan fingerprint density at radius 3 is 2.76 bits per heavy atom. The zero-order valence-electron chi connectivity index (χ0n) is 10.6. The van der Waals surface area contributed by atoms with Crippen LogP contribution < -0.4 is 5.32 Å². The molecule has 0 saturated carbocycles. The lowest BCUT2D eigenvalue weighted by molar-refractivity contribution is 0.624. The Morgan fingerprint density at radius 1 is 1.14 bits per heavy atom. The molecule has 0 aliphatic rings. The Labute approximate surface area is 124 Å². The summed E-state index contributed by atoms with van der Waals surface area (Å²) in [6, 6.07) is 13.3. The van der Waals surface area contributed by atoms with Crippen molar-refractivity contribution in [1.82, 2.24) is 9.97 Å². The molecule has 3 rings (SSSR count). The molecule has 0 unspecified atom stereocenters. The van der Waals surface area contributed by atoms with Gasteiger partial charge in [-0.25, -0.2) is 9.37 Å². The minimum atomic E-state index is -0.561. The van der Waals surface area contributed by atoms with Crippen LogP contribution in [-0.2, 0) is 0 Å². The number of para-hydroxylation sites is 1. The first-order chi connectivity index (χ1) is 10.2. The number of fused-ring (bicyclic) bond motifs is 1. The third kappa shape index (κ3) is 2.62. The highest BCUT2D eigenvalue weighted by molar-refractivity contribution is 6.28. The first-order valence-corrected chi connectivity index (χ1v) is 6.44. The van der Waals surface area contributed by atoms with Crippen LogP contribution in [0.4, 0.5) is 15.9 Å². The monoisotopic (exact) mass is 298 g/mol. The molecule has 1 heterocycles. The predicted molar refractivity (Wildman–Crippen MR) is 78.9 cm³/mol. The first kappa shape index (κ1) is 13.3. The van der Waals surface area contributed by atoms with Crippen LogP contribution in [0.15, 0.2) is 42.5 Å². The second-order valence-corrected chi connectivity index (χ2v) is 4.63. The standard InChI is InChI=1S/C15H8ClFN4/c16-15-20-13-4-2-1-3-11(13)14(21-15)19-10-5-6-12(17)9(7-10)8-18/h1-7H,(H,19,20,21). The van der Waals surface area contributed by atoms with E-state index in [0.717, 1.165) is 5.39 Å². The van der Waals surface area contributed by atoms with Gasteiger partial charge in [-0.2, -0.15) is 10.2 Å². The highest BCUT2D eigenvalue weighted by Crippen LogP contribution is 2.25. The molecule has 21 heavy (non-hydrogen) atoms. The number of nitriles is 1. The summed E-state index contributed by atoms with van der Waals surface area (Å²) in [4.78, 5) is 8.27. The summed E-state index contributed by atoms with van der Waals surface area (Å²) in [5.74, 6) is -0.0604. The molecule has 1 aromatic heterocycles. The molecule has 0 saturated heterocycles. The fourth-order valence-electron chi connectivity index (χ4n) is 1.97. The number of rotatable bonds is 2. The predicted octanol–water partition coefficient (Wildman–Crippen LogP) is 4.04. The van der Waals surface area contributed by atoms with Crippen LogP contribution >= 0.6 is 11.6 Å². The van der Waals surface area contributed by atoms with Crippen LogP contribution in [0, 0.1) is 17.1 Å². The van der Waals surface area contributed by atoms with Crippen molar-refractivity contribution in [3.8, 4) is 6.07 Å². The average molecular weight is 299 g/mol. The second-order valence-electron chi connectivity index (χ2n) is 4.29. The fourth-order valence-corrected chi connectivity index (χ4v) is 2.14. The topological polar surface area (TPSA) is 61.6 Å². The lowest BCUT2D eigenvalue weighted by Crippen LogP contribution is -1.98. The second kappa shape index (κ2) is 5.35. The lowest BCUT2D eigenvalue weighted by atomic mass is 10.2. The first-order valence-electron chi connectivity index (χ1n) is 6.06. The highest BCUT2D eigenvalue weighted by atomic mass is 35.5. The van der Waals surface area contributed by atoms with E-state index in [1.165, 1.54) is 18.2 Å². The van der Waals surface area contributed by atoms with E-state index in [4.69, 9.17) is 16.9 Å². The van der Waals surface area contributed by atoms with E-state index in [0.29, 0.717) is 17.0 Å². The quantitative estimate of drug-likeness (QED) is 0.725. The number of hydrogen-bond acceptors (Lipinski definition) is 4. The number of aromatic nitrogens is 2. The summed E-state index contributed by atoms with van der Waals surface area (Å²) < 4.78 is 13.3. The van der Waals surface area contributed by atoms with E-state index in [-0.39, 0.29) is 10.8 Å². The van der Waals surface area contributed by atoms with Crippen molar-refractivity contribution in [3.63, 3.8) is 0 Å². The molecule has 0 radical (unpaired) electrons. The van der Waals surface area contributed by atoms with Gasteiger partial charge in [-0.3, -0.25) is 0 Å². The van der Waals surface area contributed by atoms with Gasteiger partial charge < -0.3 is 5.32 Å². The highest BCUT2D eigenvalue weighted by Gasteiger charge is 2.08. The Balaban J connectivity index is 2.08. The van der Waals surface area contributed by atoms with Crippen LogP contribution in [0.25, 0.3) is 10.9 Å². The molecule has 3 aromatic rings. The van der Waals surface area contributed by atoms with Crippen molar-refractivity contribution in [3.05, 3.63) is 59.1 Å². The fraction of sp³-hybridized carbons (Fsp3) is 0. The maximum Gasteiger partial charge on any atom is 0.224 e. The van der Waals surface area contributed by atoms with Crippen molar-refractivity contribution < 1.29 is 4.39 Å².